The molecule has 0 radical (unpaired) electrons. The summed E-state index contributed by atoms with van der Waals surface area (Å²) >= 11 is 0. The summed E-state index contributed by atoms with van der Waals surface area (Å²) in [6.07, 6.45) is 0. The molecule has 9 N–H and O–H groups in total. The second-order valence-electron chi connectivity index (χ2n) is 10.5. The van der Waals surface area contributed by atoms with Gasteiger partial charge < -0.3 is 15.9 Å². The van der Waals surface area contributed by atoms with Crippen molar-refractivity contribution in [3.05, 3.63) is 48.5 Å². The number of azo groups is 2. The van der Waals surface area contributed by atoms with E-state index in [1.54, 1.807) is 0 Å². The molecule has 0 amide bonds. The molecule has 0 aliphatic carbocycles. The van der Waals surface area contributed by atoms with E-state index in [-0.39, 0.29) is 0 Å². The molecule has 4 aromatic carbocycles. The van der Waals surface area contributed by atoms with Crippen molar-refractivity contribution in [1.29, 1.82) is 0 Å². The predicted molar refractivity (Wildman–Crippen MR) is 182 cm³/mol. The van der Waals surface area contributed by atoms with Crippen LogP contribution >= 0.6 is 0 Å². The fourth-order valence-electron chi connectivity index (χ4n) is 4.41. The van der Waals surface area contributed by atoms with Gasteiger partial charge >= 0.3 is 10.4 Å². The summed E-state index contributed by atoms with van der Waals surface area (Å²) < 4.78 is 195. The molecule has 0 spiro atoms. The number of fused-ring (bicyclic) bond motifs is 1. The van der Waals surface area contributed by atoms with Gasteiger partial charge in [0.1, 0.15) is 43.2 Å². The SMILES string of the molecule is Nc1c(/N=N/c2cc(S(=O)(=O)O)ccc2S(=O)(=O)O)c(S(=O)(=O)O)cc2cc(S(=O)(=O)O)c(/N=N/c3cc(S(=O)(=O)CCOS(=O)(=O)O)ccc3O)c(O)c12. The smallest absolute Gasteiger partial charge is 0.397 e. The monoisotopic (exact) mass is 891 g/mol. The summed E-state index contributed by atoms with van der Waals surface area (Å²) in [7, 11) is -30.7. The van der Waals surface area contributed by atoms with Gasteiger partial charge in [-0.1, -0.05) is 0 Å². The number of phenols is 2. The third-order valence-electron chi connectivity index (χ3n) is 6.78. The number of hydrogen-bond donors (Lipinski definition) is 8. The Morgan fingerprint density at radius 1 is 0.564 bits per heavy atom. The van der Waals surface area contributed by atoms with Gasteiger partial charge in [0.2, 0.25) is 0 Å². The van der Waals surface area contributed by atoms with Crippen molar-refractivity contribution in [3.63, 3.8) is 0 Å². The molecule has 0 aromatic heterocycles. The Morgan fingerprint density at radius 3 is 1.58 bits per heavy atom. The highest BCUT2D eigenvalue weighted by molar-refractivity contribution is 7.91. The van der Waals surface area contributed by atoms with Crippen LogP contribution in [-0.2, 0) is 64.9 Å². The fourth-order valence-corrected chi connectivity index (χ4v) is 8.35. The van der Waals surface area contributed by atoms with Gasteiger partial charge in [-0.2, -0.15) is 42.1 Å². The van der Waals surface area contributed by atoms with E-state index in [0.29, 0.717) is 36.4 Å². The molecule has 55 heavy (non-hydrogen) atoms. The summed E-state index contributed by atoms with van der Waals surface area (Å²) in [5.41, 5.74) is 0.840. The first-order valence-electron chi connectivity index (χ1n) is 13.6. The van der Waals surface area contributed by atoms with Gasteiger partial charge in [0.25, 0.3) is 40.5 Å². The lowest BCUT2D eigenvalue weighted by atomic mass is 10.1. The first-order chi connectivity index (χ1) is 24.9. The Kier molecular flexibility index (Phi) is 11.5. The van der Waals surface area contributed by atoms with Crippen molar-refractivity contribution in [3.8, 4) is 11.5 Å². The number of aromatic hydroxyl groups is 2. The maximum atomic E-state index is 12.6. The van der Waals surface area contributed by atoms with Gasteiger partial charge in [-0.3, -0.25) is 22.8 Å². The highest BCUT2D eigenvalue weighted by atomic mass is 32.3. The number of nitrogen functional groups attached to an aromatic ring is 1. The van der Waals surface area contributed by atoms with E-state index in [2.05, 4.69) is 24.6 Å². The zero-order valence-corrected chi connectivity index (χ0v) is 31.2. The number of hydrogen-bond acceptors (Lipinski definition) is 20. The van der Waals surface area contributed by atoms with Crippen LogP contribution in [0.5, 0.6) is 11.5 Å². The van der Waals surface area contributed by atoms with Crippen LogP contribution in [0.25, 0.3) is 10.8 Å². The van der Waals surface area contributed by atoms with Crippen LogP contribution in [0.15, 0.2) is 93.5 Å². The van der Waals surface area contributed by atoms with Gasteiger partial charge in [-0.15, -0.1) is 20.5 Å². The molecule has 298 valence electrons. The molecule has 0 atom stereocenters. The molecular formula is C24H21N5O20S6. The average Bonchev–Trinajstić information content (AvgIpc) is 3.01. The molecule has 31 heteroatoms. The minimum atomic E-state index is -5.47. The lowest BCUT2D eigenvalue weighted by Gasteiger charge is -2.14. The Morgan fingerprint density at radius 2 is 1.05 bits per heavy atom. The highest BCUT2D eigenvalue weighted by Gasteiger charge is 2.29. The molecule has 4 rings (SSSR count). The maximum absolute atomic E-state index is 12.6. The molecule has 4 aromatic rings. The number of nitrogens with zero attached hydrogens (tertiary/aromatic N) is 4. The lowest BCUT2D eigenvalue weighted by molar-refractivity contribution is 0.284. The number of rotatable bonds is 13. The molecule has 0 aliphatic heterocycles. The second-order valence-corrected chi connectivity index (χ2v) is 19.2. The number of anilines is 1. The molecule has 0 fully saturated rings. The predicted octanol–water partition coefficient (Wildman–Crippen LogP) is 2.24. The lowest BCUT2D eigenvalue weighted by Crippen LogP contribution is -2.15. The first-order valence-corrected chi connectivity index (χ1v) is 22.4. The van der Waals surface area contributed by atoms with E-state index in [9.17, 15) is 78.9 Å². The summed E-state index contributed by atoms with van der Waals surface area (Å²) in [6, 6.07) is 4.43. The number of sulfone groups is 1. The van der Waals surface area contributed by atoms with Crippen LogP contribution in [0.1, 0.15) is 0 Å². The average molecular weight is 892 g/mol. The third-order valence-corrected chi connectivity index (χ3v) is 12.4. The van der Waals surface area contributed by atoms with Crippen LogP contribution in [0.2, 0.25) is 0 Å². The Balaban J connectivity index is 1.99. The summed E-state index contributed by atoms with van der Waals surface area (Å²) in [5, 5.41) is 33.8. The van der Waals surface area contributed by atoms with Gasteiger partial charge in [0.15, 0.2) is 15.6 Å². The van der Waals surface area contributed by atoms with E-state index < -0.39 is 148 Å². The third kappa shape index (κ3) is 9.90. The van der Waals surface area contributed by atoms with Crippen LogP contribution < -0.4 is 5.73 Å². The van der Waals surface area contributed by atoms with Crippen molar-refractivity contribution >= 4 is 99.9 Å². The van der Waals surface area contributed by atoms with Gasteiger partial charge in [-0.05, 0) is 53.9 Å². The van der Waals surface area contributed by atoms with Crippen LogP contribution in [0.4, 0.5) is 28.4 Å². The van der Waals surface area contributed by atoms with Crippen molar-refractivity contribution < 1.29 is 87.7 Å². The van der Waals surface area contributed by atoms with E-state index in [1.165, 1.54) is 0 Å². The second kappa shape index (κ2) is 14.7. The molecule has 0 saturated heterocycles. The topological polar surface area (TPSA) is 431 Å². The van der Waals surface area contributed by atoms with E-state index >= 15 is 0 Å². The highest BCUT2D eigenvalue weighted by Crippen LogP contribution is 2.48. The molecule has 0 heterocycles. The van der Waals surface area contributed by atoms with Crippen molar-refractivity contribution in [2.24, 2.45) is 20.5 Å². The fraction of sp³-hybridized carbons (Fsp3) is 0.0833. The largest absolute Gasteiger partial charge is 0.506 e. The summed E-state index contributed by atoms with van der Waals surface area (Å²) in [6.45, 7) is -1.05. The Bertz CT molecular complexity index is 3020. The summed E-state index contributed by atoms with van der Waals surface area (Å²) in [4.78, 5) is -5.46. The minimum absolute atomic E-state index is 0.365. The molecule has 0 aliphatic rings. The number of phenolic OH excluding ortho intramolecular Hbond substituents is 2. The van der Waals surface area contributed by atoms with Crippen molar-refractivity contribution in [1.82, 2.24) is 0 Å². The Labute approximate surface area is 309 Å². The molecule has 0 saturated carbocycles. The van der Waals surface area contributed by atoms with Crippen molar-refractivity contribution in [2.45, 2.75) is 24.5 Å². The van der Waals surface area contributed by atoms with Crippen LogP contribution in [0, 0.1) is 0 Å². The first kappa shape index (κ1) is 42.9. The van der Waals surface area contributed by atoms with Crippen LogP contribution in [-0.4, -0.2) is 95.8 Å². The molecule has 0 unspecified atom stereocenters. The normalized spacial score (nSPS) is 13.6. The Hall–Kier alpha value is -4.80. The van der Waals surface area contributed by atoms with Gasteiger partial charge in [-0.25, -0.2) is 12.6 Å². The van der Waals surface area contributed by atoms with Crippen LogP contribution in [0.3, 0.4) is 0 Å². The number of nitrogens with two attached hydrogens (primary N) is 1. The molecule has 0 bridgehead atoms. The summed E-state index contributed by atoms with van der Waals surface area (Å²) in [5.74, 6) is -3.23. The van der Waals surface area contributed by atoms with E-state index in [1.807, 2.05) is 0 Å². The standard InChI is InChI=1S/C24H21N5O20S6/c25-21-20-11(7-18(53(40,41)42)22(21)28-27-15-10-13(51(34,35)36)2-4-17(15)52(37,38)39)8-19(54(43,44)45)23(24(20)31)29-26-14-9-12(1-3-16(14)30)50(32,33)6-5-49-55(46,47)48/h1-4,7-10,30-31H,5-6,25H2,(H,34,35,36)(H,37,38,39)(H,40,41,42)(H,43,44,45)(H,46,47,48)/b28-27+,29-26+. The van der Waals surface area contributed by atoms with Gasteiger partial charge in [0.05, 0.1) is 33.2 Å². The quantitative estimate of drug-likeness (QED) is 0.0542. The van der Waals surface area contributed by atoms with E-state index in [0.717, 1.165) is 12.1 Å². The van der Waals surface area contributed by atoms with E-state index in [4.69, 9.17) is 10.3 Å². The zero-order chi connectivity index (χ0) is 41.7. The van der Waals surface area contributed by atoms with Crippen molar-refractivity contribution in [2.75, 3.05) is 18.1 Å². The van der Waals surface area contributed by atoms with Gasteiger partial charge in [0, 0.05) is 0 Å². The molecule has 25 nitrogen and oxygen atoms in total. The zero-order valence-electron chi connectivity index (χ0n) is 26.3. The minimum Gasteiger partial charge on any atom is -0.506 e. The number of benzene rings is 4. The maximum Gasteiger partial charge on any atom is 0.397 e. The molecular weight excluding hydrogens is 871 g/mol.